The molecule has 1 nitrogen and oxygen atoms in total. The normalized spacial score (nSPS) is 26.7. The molecule has 1 aromatic rings. The van der Waals surface area contributed by atoms with Crippen LogP contribution in [-0.2, 0) is 6.42 Å². The first-order valence-corrected chi connectivity index (χ1v) is 6.02. The maximum absolute atomic E-state index is 3.60. The van der Waals surface area contributed by atoms with Gasteiger partial charge in [-0.25, -0.2) is 0 Å². The molecule has 2 unspecified atom stereocenters. The van der Waals surface area contributed by atoms with Crippen LogP contribution in [0, 0.1) is 5.92 Å². The topological polar surface area (TPSA) is 12.0 Å². The molecule has 1 aromatic carbocycles. The van der Waals surface area contributed by atoms with Gasteiger partial charge in [-0.05, 0) is 43.9 Å². The first-order chi connectivity index (χ1) is 6.75. The molecule has 76 valence electrons. The summed E-state index contributed by atoms with van der Waals surface area (Å²) < 4.78 is 1.25. The molecule has 14 heavy (non-hydrogen) atoms. The van der Waals surface area contributed by atoms with Crippen LogP contribution in [0.5, 0.6) is 0 Å². The van der Waals surface area contributed by atoms with E-state index >= 15 is 0 Å². The summed E-state index contributed by atoms with van der Waals surface area (Å²) in [5.41, 5.74) is 1.44. The fraction of sp³-hybridized carbons (Fsp3) is 0.500. The number of halogens is 1. The first-order valence-electron chi connectivity index (χ1n) is 5.22. The fourth-order valence-electron chi connectivity index (χ4n) is 2.16. The van der Waals surface area contributed by atoms with Crippen LogP contribution in [0.15, 0.2) is 28.7 Å². The number of rotatable bonds is 2. The summed E-state index contributed by atoms with van der Waals surface area (Å²) in [6.07, 6.45) is 2.50. The second-order valence-corrected chi connectivity index (χ2v) is 5.06. The van der Waals surface area contributed by atoms with Crippen molar-refractivity contribution in [2.75, 3.05) is 6.54 Å². The Balaban J connectivity index is 2.01. The van der Waals surface area contributed by atoms with Crippen molar-refractivity contribution in [3.63, 3.8) is 0 Å². The molecule has 0 bridgehead atoms. The Kier molecular flexibility index (Phi) is 3.24. The summed E-state index contributed by atoms with van der Waals surface area (Å²) in [5.74, 6) is 0.809. The standard InChI is InChI=1S/C12H16BrN/c1-9-6-10(8-14-9)7-11-4-2-3-5-12(11)13/h2-5,9-10,14H,6-8H2,1H3. The molecule has 2 heteroatoms. The summed E-state index contributed by atoms with van der Waals surface area (Å²) in [6, 6.07) is 9.23. The minimum absolute atomic E-state index is 0.697. The molecular weight excluding hydrogens is 238 g/mol. The predicted molar refractivity (Wildman–Crippen MR) is 63.4 cm³/mol. The third-order valence-electron chi connectivity index (χ3n) is 2.91. The van der Waals surface area contributed by atoms with E-state index in [1.165, 1.54) is 29.4 Å². The van der Waals surface area contributed by atoms with Crippen LogP contribution in [0.25, 0.3) is 0 Å². The number of nitrogens with one attached hydrogen (secondary N) is 1. The van der Waals surface area contributed by atoms with Crippen molar-refractivity contribution in [1.82, 2.24) is 5.32 Å². The Labute approximate surface area is 94.0 Å². The summed E-state index contributed by atoms with van der Waals surface area (Å²) in [7, 11) is 0. The van der Waals surface area contributed by atoms with Crippen molar-refractivity contribution < 1.29 is 0 Å². The molecule has 0 saturated carbocycles. The lowest BCUT2D eigenvalue weighted by Crippen LogP contribution is -2.17. The lowest BCUT2D eigenvalue weighted by Gasteiger charge is -2.09. The third kappa shape index (κ3) is 2.37. The Morgan fingerprint density at radius 1 is 1.43 bits per heavy atom. The molecule has 0 spiro atoms. The van der Waals surface area contributed by atoms with E-state index in [1.54, 1.807) is 0 Å². The molecule has 1 aliphatic rings. The average molecular weight is 254 g/mol. The number of hydrogen-bond donors (Lipinski definition) is 1. The van der Waals surface area contributed by atoms with Gasteiger partial charge in [0.05, 0.1) is 0 Å². The van der Waals surface area contributed by atoms with Gasteiger partial charge in [0.15, 0.2) is 0 Å². The van der Waals surface area contributed by atoms with Gasteiger partial charge in [-0.3, -0.25) is 0 Å². The van der Waals surface area contributed by atoms with E-state index in [0.29, 0.717) is 6.04 Å². The molecular formula is C12H16BrN. The summed E-state index contributed by atoms with van der Waals surface area (Å²) in [5, 5.41) is 3.49. The van der Waals surface area contributed by atoms with Crippen LogP contribution >= 0.6 is 15.9 Å². The van der Waals surface area contributed by atoms with Gasteiger partial charge in [0.1, 0.15) is 0 Å². The van der Waals surface area contributed by atoms with Crippen LogP contribution in [-0.4, -0.2) is 12.6 Å². The van der Waals surface area contributed by atoms with Gasteiger partial charge in [0.25, 0.3) is 0 Å². The molecule has 0 aliphatic carbocycles. The van der Waals surface area contributed by atoms with E-state index in [9.17, 15) is 0 Å². The van der Waals surface area contributed by atoms with Gasteiger partial charge < -0.3 is 5.32 Å². The van der Waals surface area contributed by atoms with E-state index in [4.69, 9.17) is 0 Å². The fourth-order valence-corrected chi connectivity index (χ4v) is 2.61. The van der Waals surface area contributed by atoms with Gasteiger partial charge in [0, 0.05) is 10.5 Å². The molecule has 1 fully saturated rings. The quantitative estimate of drug-likeness (QED) is 0.855. The Morgan fingerprint density at radius 3 is 2.86 bits per heavy atom. The maximum Gasteiger partial charge on any atom is 0.0207 e. The minimum atomic E-state index is 0.697. The molecule has 2 atom stereocenters. The zero-order valence-corrected chi connectivity index (χ0v) is 10.0. The highest BCUT2D eigenvalue weighted by Gasteiger charge is 2.21. The third-order valence-corrected chi connectivity index (χ3v) is 3.68. The smallest absolute Gasteiger partial charge is 0.0207 e. The van der Waals surface area contributed by atoms with Crippen LogP contribution < -0.4 is 5.32 Å². The summed E-state index contributed by atoms with van der Waals surface area (Å²) in [4.78, 5) is 0. The maximum atomic E-state index is 3.60. The van der Waals surface area contributed by atoms with Crippen molar-refractivity contribution in [2.45, 2.75) is 25.8 Å². The second kappa shape index (κ2) is 4.45. The van der Waals surface area contributed by atoms with Crippen LogP contribution in [0.3, 0.4) is 0 Å². The van der Waals surface area contributed by atoms with Gasteiger partial charge in [-0.2, -0.15) is 0 Å². The van der Waals surface area contributed by atoms with E-state index < -0.39 is 0 Å². The monoisotopic (exact) mass is 253 g/mol. The molecule has 0 amide bonds. The number of benzene rings is 1. The van der Waals surface area contributed by atoms with Crippen LogP contribution in [0.2, 0.25) is 0 Å². The molecule has 0 radical (unpaired) electrons. The first kappa shape index (κ1) is 10.2. The molecule has 1 N–H and O–H groups in total. The molecule has 1 aliphatic heterocycles. The van der Waals surface area contributed by atoms with Gasteiger partial charge in [0.2, 0.25) is 0 Å². The second-order valence-electron chi connectivity index (χ2n) is 4.21. The number of hydrogen-bond acceptors (Lipinski definition) is 1. The molecule has 0 aromatic heterocycles. The van der Waals surface area contributed by atoms with E-state index in [1.807, 2.05) is 0 Å². The SMILES string of the molecule is CC1CC(Cc2ccccc2Br)CN1. The highest BCUT2D eigenvalue weighted by molar-refractivity contribution is 9.10. The zero-order valence-electron chi connectivity index (χ0n) is 8.46. The van der Waals surface area contributed by atoms with Gasteiger partial charge in [-0.15, -0.1) is 0 Å². The highest BCUT2D eigenvalue weighted by Crippen LogP contribution is 2.23. The summed E-state index contributed by atoms with van der Waals surface area (Å²) in [6.45, 7) is 3.43. The van der Waals surface area contributed by atoms with Crippen LogP contribution in [0.1, 0.15) is 18.9 Å². The predicted octanol–water partition coefficient (Wildman–Crippen LogP) is 2.99. The highest BCUT2D eigenvalue weighted by atomic mass is 79.9. The lowest BCUT2D eigenvalue weighted by molar-refractivity contribution is 0.564. The van der Waals surface area contributed by atoms with E-state index in [0.717, 1.165) is 5.92 Å². The van der Waals surface area contributed by atoms with Crippen molar-refractivity contribution in [3.8, 4) is 0 Å². The zero-order chi connectivity index (χ0) is 9.97. The molecule has 1 saturated heterocycles. The summed E-state index contributed by atoms with van der Waals surface area (Å²) >= 11 is 3.60. The van der Waals surface area contributed by atoms with Crippen molar-refractivity contribution >= 4 is 15.9 Å². The van der Waals surface area contributed by atoms with Gasteiger partial charge in [-0.1, -0.05) is 34.1 Å². The Hall–Kier alpha value is -0.340. The molecule has 2 rings (SSSR count). The Morgan fingerprint density at radius 2 is 2.21 bits per heavy atom. The minimum Gasteiger partial charge on any atom is -0.314 e. The lowest BCUT2D eigenvalue weighted by atomic mass is 9.97. The van der Waals surface area contributed by atoms with Crippen molar-refractivity contribution in [2.24, 2.45) is 5.92 Å². The molecule has 1 heterocycles. The van der Waals surface area contributed by atoms with E-state index in [2.05, 4.69) is 52.4 Å². The largest absolute Gasteiger partial charge is 0.314 e. The van der Waals surface area contributed by atoms with Crippen LogP contribution in [0.4, 0.5) is 0 Å². The van der Waals surface area contributed by atoms with Crippen molar-refractivity contribution in [1.29, 1.82) is 0 Å². The average Bonchev–Trinajstić information content (AvgIpc) is 2.56. The Bertz CT molecular complexity index is 311. The van der Waals surface area contributed by atoms with Gasteiger partial charge >= 0.3 is 0 Å². The van der Waals surface area contributed by atoms with E-state index in [-0.39, 0.29) is 0 Å². The van der Waals surface area contributed by atoms with Crippen molar-refractivity contribution in [3.05, 3.63) is 34.3 Å².